The van der Waals surface area contributed by atoms with Crippen molar-refractivity contribution in [3.8, 4) is 5.75 Å². The summed E-state index contributed by atoms with van der Waals surface area (Å²) in [6, 6.07) is 8.09. The zero-order valence-corrected chi connectivity index (χ0v) is 10.9. The molecule has 3 heteroatoms. The fourth-order valence-corrected chi connectivity index (χ4v) is 1.65. The van der Waals surface area contributed by atoms with Gasteiger partial charge >= 0.3 is 0 Å². The first-order chi connectivity index (χ1) is 5.84. The number of benzene rings is 1. The summed E-state index contributed by atoms with van der Waals surface area (Å²) < 4.78 is 7.90. The Bertz CT molecular complexity index is 238. The second-order valence-corrected chi connectivity index (χ2v) is 4.56. The van der Waals surface area contributed by atoms with Crippen LogP contribution in [0.25, 0.3) is 0 Å². The lowest BCUT2D eigenvalue weighted by atomic mass is 10.3. The summed E-state index contributed by atoms with van der Waals surface area (Å²) in [5, 5.41) is 0. The molecular weight excluding hydrogens is 378 g/mol. The second kappa shape index (κ2) is 6.01. The number of rotatable bonds is 4. The van der Waals surface area contributed by atoms with Gasteiger partial charge in [0.2, 0.25) is 0 Å². The Morgan fingerprint density at radius 1 is 1.25 bits per heavy atom. The molecule has 1 nitrogen and oxygen atoms in total. The van der Waals surface area contributed by atoms with E-state index in [1.165, 1.54) is 3.57 Å². The second-order valence-electron chi connectivity index (χ2n) is 2.32. The van der Waals surface area contributed by atoms with Gasteiger partial charge in [0.15, 0.2) is 0 Å². The highest BCUT2D eigenvalue weighted by Gasteiger charge is 1.97. The molecule has 0 saturated carbocycles. The third kappa shape index (κ3) is 3.47. The summed E-state index contributed by atoms with van der Waals surface area (Å²) in [7, 11) is 0. The minimum absolute atomic E-state index is 0.822. The predicted molar refractivity (Wildman–Crippen MR) is 68.2 cm³/mol. The van der Waals surface area contributed by atoms with Gasteiger partial charge in [0.25, 0.3) is 0 Å². The number of halogens is 2. The normalized spacial score (nSPS) is 9.83. The molecule has 0 atom stereocenters. The summed E-state index contributed by atoms with van der Waals surface area (Å²) in [6.45, 7) is 0.822. The maximum atomic E-state index is 5.56. The first kappa shape index (κ1) is 10.6. The van der Waals surface area contributed by atoms with Crippen molar-refractivity contribution in [3.63, 3.8) is 0 Å². The number of alkyl halides is 1. The Balaban J connectivity index is 2.46. The van der Waals surface area contributed by atoms with E-state index in [2.05, 4.69) is 51.2 Å². The summed E-state index contributed by atoms with van der Waals surface area (Å²) >= 11 is 4.64. The van der Waals surface area contributed by atoms with Crippen molar-refractivity contribution < 1.29 is 4.74 Å². The Morgan fingerprint density at radius 2 is 2.00 bits per heavy atom. The molecule has 1 aromatic rings. The van der Waals surface area contributed by atoms with E-state index in [-0.39, 0.29) is 0 Å². The van der Waals surface area contributed by atoms with E-state index >= 15 is 0 Å². The number of hydrogen-bond acceptors (Lipinski definition) is 1. The van der Waals surface area contributed by atoms with Gasteiger partial charge in [-0.25, -0.2) is 0 Å². The van der Waals surface area contributed by atoms with E-state index in [1.54, 1.807) is 0 Å². The lowest BCUT2D eigenvalue weighted by Gasteiger charge is -2.05. The van der Waals surface area contributed by atoms with Crippen molar-refractivity contribution in [1.29, 1.82) is 0 Å². The maximum Gasteiger partial charge on any atom is 0.132 e. The summed E-state index contributed by atoms with van der Waals surface area (Å²) in [6.07, 6.45) is 1.12. The van der Waals surface area contributed by atoms with Crippen LogP contribution in [-0.4, -0.2) is 11.0 Å². The van der Waals surface area contributed by atoms with Crippen molar-refractivity contribution in [3.05, 3.63) is 27.8 Å². The zero-order valence-electron chi connectivity index (χ0n) is 6.59. The van der Waals surface area contributed by atoms with E-state index in [4.69, 9.17) is 4.74 Å². The molecule has 0 bridgehead atoms. The van der Waals surface area contributed by atoms with Gasteiger partial charge in [0, 0.05) is 4.43 Å². The van der Waals surface area contributed by atoms with Crippen molar-refractivity contribution in [1.82, 2.24) is 0 Å². The monoisotopic (exact) mass is 388 g/mol. The van der Waals surface area contributed by atoms with Crippen LogP contribution in [0.15, 0.2) is 24.3 Å². The molecule has 0 N–H and O–H groups in total. The number of para-hydroxylation sites is 1. The molecule has 1 aromatic carbocycles. The molecule has 0 unspecified atom stereocenters. The highest BCUT2D eigenvalue weighted by molar-refractivity contribution is 14.1. The Hall–Kier alpha value is 0.480. The van der Waals surface area contributed by atoms with Gasteiger partial charge in [-0.05, 0) is 41.1 Å². The fraction of sp³-hybridized carbons (Fsp3) is 0.333. The van der Waals surface area contributed by atoms with Gasteiger partial charge in [-0.15, -0.1) is 0 Å². The maximum absolute atomic E-state index is 5.56. The molecule has 66 valence electrons. The smallest absolute Gasteiger partial charge is 0.132 e. The van der Waals surface area contributed by atoms with E-state index in [1.807, 2.05) is 18.2 Å². The van der Waals surface area contributed by atoms with Crippen LogP contribution in [0, 0.1) is 3.57 Å². The minimum Gasteiger partial charge on any atom is -0.492 e. The molecule has 0 spiro atoms. The molecule has 0 aliphatic heterocycles. The molecule has 0 aliphatic rings. The number of ether oxygens (including phenoxy) is 1. The molecule has 0 aromatic heterocycles. The van der Waals surface area contributed by atoms with E-state index in [0.29, 0.717) is 0 Å². The Kier molecular flexibility index (Phi) is 5.29. The SMILES string of the molecule is ICCCOc1ccccc1I. The molecular formula is C9H10I2O. The molecule has 0 heterocycles. The Morgan fingerprint density at radius 3 is 2.67 bits per heavy atom. The van der Waals surface area contributed by atoms with Gasteiger partial charge in [0.1, 0.15) is 5.75 Å². The van der Waals surface area contributed by atoms with Crippen LogP contribution in [0.2, 0.25) is 0 Å². The van der Waals surface area contributed by atoms with Crippen LogP contribution in [0.5, 0.6) is 5.75 Å². The van der Waals surface area contributed by atoms with Crippen molar-refractivity contribution in [2.75, 3.05) is 11.0 Å². The lowest BCUT2D eigenvalue weighted by Crippen LogP contribution is -1.98. The van der Waals surface area contributed by atoms with Crippen LogP contribution in [0.1, 0.15) is 6.42 Å². The third-order valence-electron chi connectivity index (χ3n) is 1.37. The van der Waals surface area contributed by atoms with Crippen LogP contribution >= 0.6 is 45.2 Å². The van der Waals surface area contributed by atoms with Crippen LogP contribution in [0.3, 0.4) is 0 Å². The minimum atomic E-state index is 0.822. The molecule has 0 radical (unpaired) electrons. The van der Waals surface area contributed by atoms with Crippen LogP contribution in [-0.2, 0) is 0 Å². The van der Waals surface area contributed by atoms with Crippen LogP contribution < -0.4 is 4.74 Å². The Labute approximate surface area is 100 Å². The van der Waals surface area contributed by atoms with E-state index < -0.39 is 0 Å². The first-order valence-corrected chi connectivity index (χ1v) is 6.38. The summed E-state index contributed by atoms with van der Waals surface area (Å²) in [5.41, 5.74) is 0. The molecule has 0 saturated heterocycles. The first-order valence-electron chi connectivity index (χ1n) is 3.78. The van der Waals surface area contributed by atoms with Crippen molar-refractivity contribution in [2.24, 2.45) is 0 Å². The van der Waals surface area contributed by atoms with Gasteiger partial charge in [-0.3, -0.25) is 0 Å². The van der Waals surface area contributed by atoms with E-state index in [9.17, 15) is 0 Å². The van der Waals surface area contributed by atoms with Gasteiger partial charge in [-0.2, -0.15) is 0 Å². The summed E-state index contributed by atoms with van der Waals surface area (Å²) in [5.74, 6) is 1.00. The van der Waals surface area contributed by atoms with Gasteiger partial charge < -0.3 is 4.74 Å². The summed E-state index contributed by atoms with van der Waals surface area (Å²) in [4.78, 5) is 0. The lowest BCUT2D eigenvalue weighted by molar-refractivity contribution is 0.317. The average molecular weight is 388 g/mol. The van der Waals surface area contributed by atoms with Crippen LogP contribution in [0.4, 0.5) is 0 Å². The zero-order chi connectivity index (χ0) is 8.81. The highest BCUT2D eigenvalue weighted by atomic mass is 127. The molecule has 0 fully saturated rings. The van der Waals surface area contributed by atoms with Crippen molar-refractivity contribution >= 4 is 45.2 Å². The number of hydrogen-bond donors (Lipinski definition) is 0. The third-order valence-corrected chi connectivity index (χ3v) is 3.03. The van der Waals surface area contributed by atoms with Crippen molar-refractivity contribution in [2.45, 2.75) is 6.42 Å². The van der Waals surface area contributed by atoms with Gasteiger partial charge in [-0.1, -0.05) is 34.7 Å². The largest absolute Gasteiger partial charge is 0.492 e. The highest BCUT2D eigenvalue weighted by Crippen LogP contribution is 2.19. The predicted octanol–water partition coefficient (Wildman–Crippen LogP) is 3.50. The topological polar surface area (TPSA) is 9.23 Å². The fourth-order valence-electron chi connectivity index (χ4n) is 0.798. The quantitative estimate of drug-likeness (QED) is 0.436. The molecule has 1 rings (SSSR count). The standard InChI is InChI=1S/C9H10I2O/c10-6-3-7-12-9-5-2-1-4-8(9)11/h1-2,4-5H,3,6-7H2. The van der Waals surface area contributed by atoms with E-state index in [0.717, 1.165) is 23.2 Å². The van der Waals surface area contributed by atoms with Gasteiger partial charge in [0.05, 0.1) is 10.2 Å². The average Bonchev–Trinajstić information content (AvgIpc) is 2.09. The molecule has 0 aliphatic carbocycles. The molecule has 0 amide bonds. The molecule has 12 heavy (non-hydrogen) atoms.